The van der Waals surface area contributed by atoms with Crippen molar-refractivity contribution in [3.63, 3.8) is 0 Å². The van der Waals surface area contributed by atoms with E-state index in [1.54, 1.807) is 0 Å². The Bertz CT molecular complexity index is 3670. The number of fused-ring (bicyclic) bond motifs is 4. The average molecular weight is 749 g/mol. The smallest absolute Gasteiger partial charge is 0.0991 e. The molecule has 0 aliphatic heterocycles. The van der Waals surface area contributed by atoms with Gasteiger partial charge in [-0.1, -0.05) is 103 Å². The van der Waals surface area contributed by atoms with Crippen LogP contribution >= 0.6 is 0 Å². The number of para-hydroxylation sites is 1. The quantitative estimate of drug-likeness (QED) is 0.165. The van der Waals surface area contributed by atoms with E-state index in [2.05, 4.69) is 167 Å². The monoisotopic (exact) mass is 748 g/mol. The number of benzene rings is 9. The molecular formula is C55H32N4. The molecule has 59 heavy (non-hydrogen) atoms. The number of aromatic nitrogens is 3. The maximum atomic E-state index is 9.76. The summed E-state index contributed by atoms with van der Waals surface area (Å²) in [6.45, 7) is 0. The first-order chi connectivity index (χ1) is 29.2. The first kappa shape index (κ1) is 33.1. The van der Waals surface area contributed by atoms with Gasteiger partial charge in [0.2, 0.25) is 0 Å². The van der Waals surface area contributed by atoms with Gasteiger partial charge in [-0.3, -0.25) is 4.98 Å². The van der Waals surface area contributed by atoms with Gasteiger partial charge in [0.1, 0.15) is 0 Å². The van der Waals surface area contributed by atoms with Crippen LogP contribution in [0.4, 0.5) is 0 Å². The van der Waals surface area contributed by atoms with Crippen molar-refractivity contribution >= 4 is 64.9 Å². The minimum absolute atomic E-state index is 0.659. The Hall–Kier alpha value is -8.13. The molecule has 0 saturated carbocycles. The second-order valence-electron chi connectivity index (χ2n) is 15.3. The van der Waals surface area contributed by atoms with Crippen LogP contribution in [0.5, 0.6) is 0 Å². The lowest BCUT2D eigenvalue weighted by Gasteiger charge is -2.17. The molecule has 0 N–H and O–H groups in total. The van der Waals surface area contributed by atoms with Crippen LogP contribution in [0.2, 0.25) is 0 Å². The van der Waals surface area contributed by atoms with Crippen LogP contribution in [-0.2, 0) is 0 Å². The van der Waals surface area contributed by atoms with Gasteiger partial charge in [-0.2, -0.15) is 5.26 Å². The van der Waals surface area contributed by atoms with E-state index in [0.29, 0.717) is 5.56 Å². The summed E-state index contributed by atoms with van der Waals surface area (Å²) in [4.78, 5) is 9.31. The summed E-state index contributed by atoms with van der Waals surface area (Å²) in [6.07, 6.45) is 3.62. The molecule has 0 unspecified atom stereocenters. The fourth-order valence-corrected chi connectivity index (χ4v) is 9.26. The van der Waals surface area contributed by atoms with Crippen LogP contribution in [0.1, 0.15) is 5.56 Å². The summed E-state index contributed by atoms with van der Waals surface area (Å²) in [5.74, 6) is 0. The summed E-state index contributed by atoms with van der Waals surface area (Å²) in [7, 11) is 0. The molecule has 0 fully saturated rings. The predicted octanol–water partition coefficient (Wildman–Crippen LogP) is 14.2. The van der Waals surface area contributed by atoms with Crippen molar-refractivity contribution in [1.29, 1.82) is 5.26 Å². The number of hydrogen-bond acceptors (Lipinski definition) is 3. The highest BCUT2D eigenvalue weighted by molar-refractivity contribution is 6.27. The molecule has 0 spiro atoms. The van der Waals surface area contributed by atoms with Gasteiger partial charge in [0, 0.05) is 40.0 Å². The van der Waals surface area contributed by atoms with E-state index in [-0.39, 0.29) is 0 Å². The Morgan fingerprint density at radius 2 is 1.00 bits per heavy atom. The minimum Gasteiger partial charge on any atom is -0.309 e. The van der Waals surface area contributed by atoms with Crippen molar-refractivity contribution < 1.29 is 0 Å². The molecule has 0 amide bonds. The summed E-state index contributed by atoms with van der Waals surface area (Å²) >= 11 is 0. The molecule has 9 aromatic carbocycles. The molecule has 0 atom stereocenters. The number of nitrogens with zero attached hydrogens (tertiary/aromatic N) is 4. The SMILES string of the molecule is N#Cc1ccc2c(c1)c1cc(-c3ccc4cc(-c5ccc6ccc7c(-c8cccc(-c9ccncc9)n8)ccc8ccc5c6c87)ccc4c3)ccc1n2-c1ccccc1. The first-order valence-electron chi connectivity index (χ1n) is 19.9. The highest BCUT2D eigenvalue weighted by atomic mass is 15.0. The van der Waals surface area contributed by atoms with Gasteiger partial charge in [-0.05, 0) is 144 Å². The summed E-state index contributed by atoms with van der Waals surface area (Å²) in [5, 5.41) is 21.8. The van der Waals surface area contributed by atoms with E-state index in [9.17, 15) is 5.26 Å². The van der Waals surface area contributed by atoms with E-state index >= 15 is 0 Å². The van der Waals surface area contributed by atoms with E-state index in [1.165, 1.54) is 54.2 Å². The average Bonchev–Trinajstić information content (AvgIpc) is 3.63. The Labute approximate surface area is 339 Å². The summed E-state index contributed by atoms with van der Waals surface area (Å²) in [6, 6.07) is 67.4. The fraction of sp³-hybridized carbons (Fsp3) is 0. The Morgan fingerprint density at radius 3 is 1.76 bits per heavy atom. The van der Waals surface area contributed by atoms with Crippen molar-refractivity contribution in [1.82, 2.24) is 14.5 Å². The highest BCUT2D eigenvalue weighted by Crippen LogP contribution is 2.43. The molecule has 3 aromatic heterocycles. The molecule has 4 heteroatoms. The van der Waals surface area contributed by atoms with Gasteiger partial charge in [-0.25, -0.2) is 4.98 Å². The van der Waals surface area contributed by atoms with Gasteiger partial charge in [0.25, 0.3) is 0 Å². The molecule has 0 aliphatic rings. The van der Waals surface area contributed by atoms with Crippen LogP contribution in [0, 0.1) is 11.3 Å². The van der Waals surface area contributed by atoms with Crippen LogP contribution in [0.25, 0.3) is 115 Å². The molecule has 3 heterocycles. The van der Waals surface area contributed by atoms with Gasteiger partial charge in [-0.15, -0.1) is 0 Å². The van der Waals surface area contributed by atoms with Gasteiger partial charge < -0.3 is 4.57 Å². The fourth-order valence-electron chi connectivity index (χ4n) is 9.26. The van der Waals surface area contributed by atoms with Crippen LogP contribution < -0.4 is 0 Å². The van der Waals surface area contributed by atoms with Crippen molar-refractivity contribution in [2.75, 3.05) is 0 Å². The Balaban J connectivity index is 0.949. The van der Waals surface area contributed by atoms with Gasteiger partial charge >= 0.3 is 0 Å². The lowest BCUT2D eigenvalue weighted by atomic mass is 9.87. The highest BCUT2D eigenvalue weighted by Gasteiger charge is 2.17. The Kier molecular flexibility index (Phi) is 7.26. The topological polar surface area (TPSA) is 54.5 Å². The second kappa shape index (κ2) is 13.0. The number of nitriles is 1. The molecule has 272 valence electrons. The first-order valence-corrected chi connectivity index (χ1v) is 19.9. The normalized spacial score (nSPS) is 11.7. The van der Waals surface area contributed by atoms with Crippen molar-refractivity contribution in [2.24, 2.45) is 0 Å². The van der Waals surface area contributed by atoms with E-state index in [0.717, 1.165) is 61.1 Å². The third-order valence-electron chi connectivity index (χ3n) is 12.1. The van der Waals surface area contributed by atoms with Crippen molar-refractivity contribution in [2.45, 2.75) is 0 Å². The zero-order valence-electron chi connectivity index (χ0n) is 31.8. The zero-order valence-corrected chi connectivity index (χ0v) is 31.8. The standard InChI is InChI=1S/C55H32N4/c56-33-34-9-23-52-48(29-34)49-32-41(18-24-53(49)59(52)43-5-2-1-3-6-43)39-10-11-40-31-42(13-12-38(40)30-39)44-19-14-36-17-22-47-45(20-15-37-16-21-46(44)54(36)55(37)47)51-8-4-7-50(58-51)35-25-27-57-28-26-35/h1-32H. The van der Waals surface area contributed by atoms with Crippen molar-refractivity contribution in [3.8, 4) is 56.5 Å². The lowest BCUT2D eigenvalue weighted by Crippen LogP contribution is -1.93. The molecule has 0 radical (unpaired) electrons. The van der Waals surface area contributed by atoms with Gasteiger partial charge in [0.15, 0.2) is 0 Å². The van der Waals surface area contributed by atoms with Gasteiger partial charge in [0.05, 0.1) is 34.1 Å². The van der Waals surface area contributed by atoms with E-state index in [1.807, 2.05) is 42.7 Å². The second-order valence-corrected chi connectivity index (χ2v) is 15.3. The molecule has 12 aromatic rings. The predicted molar refractivity (Wildman–Crippen MR) is 244 cm³/mol. The number of hydrogen-bond donors (Lipinski definition) is 0. The van der Waals surface area contributed by atoms with E-state index < -0.39 is 0 Å². The maximum Gasteiger partial charge on any atom is 0.0991 e. The molecule has 4 nitrogen and oxygen atoms in total. The Morgan fingerprint density at radius 1 is 0.407 bits per heavy atom. The summed E-state index contributed by atoms with van der Waals surface area (Å²) < 4.78 is 2.29. The van der Waals surface area contributed by atoms with Crippen LogP contribution in [-0.4, -0.2) is 14.5 Å². The molecule has 0 bridgehead atoms. The molecule has 0 saturated heterocycles. The van der Waals surface area contributed by atoms with E-state index in [4.69, 9.17) is 4.98 Å². The van der Waals surface area contributed by atoms with Crippen molar-refractivity contribution in [3.05, 3.63) is 200 Å². The van der Waals surface area contributed by atoms with Crippen LogP contribution in [0.3, 0.4) is 0 Å². The zero-order chi connectivity index (χ0) is 39.0. The third-order valence-corrected chi connectivity index (χ3v) is 12.1. The molecule has 0 aliphatic carbocycles. The lowest BCUT2D eigenvalue weighted by molar-refractivity contribution is 1.18. The summed E-state index contributed by atoms with van der Waals surface area (Å²) in [5.41, 5.74) is 12.7. The third kappa shape index (κ3) is 5.23. The van der Waals surface area contributed by atoms with Crippen LogP contribution in [0.15, 0.2) is 194 Å². The largest absolute Gasteiger partial charge is 0.309 e. The molecule has 12 rings (SSSR count). The maximum absolute atomic E-state index is 9.76. The molecular weight excluding hydrogens is 717 g/mol. The number of pyridine rings is 2. The number of rotatable bonds is 5. The minimum atomic E-state index is 0.659.